The van der Waals surface area contributed by atoms with Gasteiger partial charge in [0.15, 0.2) is 0 Å². The number of nitrogens with zero attached hydrogens (tertiary/aromatic N) is 2. The average molecular weight is 262 g/mol. The molecule has 1 aromatic rings. The molecule has 102 valence electrons. The molecule has 0 unspecified atom stereocenters. The smallest absolute Gasteiger partial charge is 0.407 e. The second-order valence-electron chi connectivity index (χ2n) is 4.97. The lowest BCUT2D eigenvalue weighted by Crippen LogP contribution is -2.39. The van der Waals surface area contributed by atoms with Crippen molar-refractivity contribution < 1.29 is 14.6 Å². The Morgan fingerprint density at radius 2 is 2.00 bits per heavy atom. The molecule has 1 aromatic carbocycles. The van der Waals surface area contributed by atoms with Crippen molar-refractivity contribution in [3.8, 4) is 0 Å². The number of carboxylic acid groups (broad SMARTS) is 1. The van der Waals surface area contributed by atoms with Gasteiger partial charge in [0.2, 0.25) is 0 Å². The number of benzene rings is 1. The van der Waals surface area contributed by atoms with Gasteiger partial charge in [-0.1, -0.05) is 12.1 Å². The first-order valence-corrected chi connectivity index (χ1v) is 6.67. The van der Waals surface area contributed by atoms with E-state index in [-0.39, 0.29) is 0 Å². The Balaban J connectivity index is 1.87. The van der Waals surface area contributed by atoms with E-state index in [0.717, 1.165) is 38.3 Å². The number of carbonyl (C=O) groups is 1. The number of rotatable bonds is 1. The minimum absolute atomic E-state index is 0.503. The lowest BCUT2D eigenvalue weighted by atomic mass is 9.97. The van der Waals surface area contributed by atoms with Crippen LogP contribution in [-0.2, 0) is 17.7 Å². The Hall–Kier alpha value is -1.75. The predicted molar refractivity (Wildman–Crippen MR) is 71.6 cm³/mol. The fraction of sp³-hybridized carbons (Fsp3) is 0.500. The van der Waals surface area contributed by atoms with Gasteiger partial charge < -0.3 is 19.6 Å². The zero-order valence-corrected chi connectivity index (χ0v) is 10.8. The van der Waals surface area contributed by atoms with E-state index in [9.17, 15) is 4.79 Å². The lowest BCUT2D eigenvalue weighted by molar-refractivity contribution is 0.122. The van der Waals surface area contributed by atoms with Crippen LogP contribution in [0.25, 0.3) is 0 Å². The molecule has 5 nitrogen and oxygen atoms in total. The third-order valence-electron chi connectivity index (χ3n) is 3.86. The highest BCUT2D eigenvalue weighted by atomic mass is 16.5. The molecule has 0 aromatic heterocycles. The average Bonchev–Trinajstić information content (AvgIpc) is 2.47. The second-order valence-corrected chi connectivity index (χ2v) is 4.97. The topological polar surface area (TPSA) is 53.0 Å². The Kier molecular flexibility index (Phi) is 3.29. The fourth-order valence-electron chi connectivity index (χ4n) is 2.85. The summed E-state index contributed by atoms with van der Waals surface area (Å²) < 4.78 is 5.39. The van der Waals surface area contributed by atoms with Gasteiger partial charge in [-0.05, 0) is 23.6 Å². The molecule has 1 N–H and O–H groups in total. The normalized spacial score (nSPS) is 19.2. The highest BCUT2D eigenvalue weighted by Crippen LogP contribution is 2.29. The van der Waals surface area contributed by atoms with Crippen molar-refractivity contribution in [2.75, 3.05) is 37.7 Å². The molecule has 2 aliphatic heterocycles. The Labute approximate surface area is 112 Å². The van der Waals surface area contributed by atoms with Crippen molar-refractivity contribution in [3.63, 3.8) is 0 Å². The molecule has 0 aliphatic carbocycles. The van der Waals surface area contributed by atoms with E-state index in [2.05, 4.69) is 11.0 Å². The molecule has 2 heterocycles. The SMILES string of the molecule is O=C(O)N1CCc2c(cccc2N2CCOCC2)C1. The molecule has 19 heavy (non-hydrogen) atoms. The number of hydrogen-bond donors (Lipinski definition) is 1. The Morgan fingerprint density at radius 1 is 1.21 bits per heavy atom. The summed E-state index contributed by atoms with van der Waals surface area (Å²) in [5.74, 6) is 0. The highest BCUT2D eigenvalue weighted by Gasteiger charge is 2.24. The van der Waals surface area contributed by atoms with Gasteiger partial charge in [0.05, 0.1) is 13.2 Å². The fourth-order valence-corrected chi connectivity index (χ4v) is 2.85. The summed E-state index contributed by atoms with van der Waals surface area (Å²) in [6.07, 6.45) is -0.0303. The van der Waals surface area contributed by atoms with E-state index in [4.69, 9.17) is 9.84 Å². The number of amides is 1. The number of fused-ring (bicyclic) bond motifs is 1. The van der Waals surface area contributed by atoms with Gasteiger partial charge in [0.1, 0.15) is 0 Å². The Morgan fingerprint density at radius 3 is 2.74 bits per heavy atom. The zero-order valence-electron chi connectivity index (χ0n) is 10.8. The van der Waals surface area contributed by atoms with E-state index >= 15 is 0 Å². The van der Waals surface area contributed by atoms with Crippen LogP contribution in [-0.4, -0.2) is 48.9 Å². The maximum Gasteiger partial charge on any atom is 0.407 e. The van der Waals surface area contributed by atoms with Crippen LogP contribution >= 0.6 is 0 Å². The molecular weight excluding hydrogens is 244 g/mol. The van der Waals surface area contributed by atoms with Gasteiger partial charge in [-0.15, -0.1) is 0 Å². The molecule has 0 radical (unpaired) electrons. The van der Waals surface area contributed by atoms with Gasteiger partial charge in [-0.2, -0.15) is 0 Å². The number of ether oxygens (including phenoxy) is 1. The van der Waals surface area contributed by atoms with Crippen LogP contribution in [0.1, 0.15) is 11.1 Å². The molecule has 1 amide bonds. The van der Waals surface area contributed by atoms with Crippen LogP contribution in [0, 0.1) is 0 Å². The minimum atomic E-state index is -0.831. The van der Waals surface area contributed by atoms with Crippen molar-refractivity contribution in [1.82, 2.24) is 4.90 Å². The maximum absolute atomic E-state index is 11.0. The van der Waals surface area contributed by atoms with Crippen molar-refractivity contribution in [3.05, 3.63) is 29.3 Å². The molecule has 0 bridgehead atoms. The van der Waals surface area contributed by atoms with Crippen LogP contribution in [0.15, 0.2) is 18.2 Å². The van der Waals surface area contributed by atoms with Gasteiger partial charge in [0.25, 0.3) is 0 Å². The quantitative estimate of drug-likeness (QED) is 0.834. The van der Waals surface area contributed by atoms with E-state index in [1.165, 1.54) is 16.2 Å². The summed E-state index contributed by atoms with van der Waals surface area (Å²) in [6.45, 7) is 4.46. The van der Waals surface area contributed by atoms with Gasteiger partial charge in [0, 0.05) is 31.9 Å². The van der Waals surface area contributed by atoms with E-state index in [1.807, 2.05) is 12.1 Å². The van der Waals surface area contributed by atoms with Crippen molar-refractivity contribution in [2.24, 2.45) is 0 Å². The largest absolute Gasteiger partial charge is 0.465 e. The molecule has 1 fully saturated rings. The summed E-state index contributed by atoms with van der Waals surface area (Å²) >= 11 is 0. The molecule has 0 atom stereocenters. The summed E-state index contributed by atoms with van der Waals surface area (Å²) in [4.78, 5) is 14.9. The minimum Gasteiger partial charge on any atom is -0.465 e. The summed E-state index contributed by atoms with van der Waals surface area (Å²) in [5, 5.41) is 9.08. The first-order valence-electron chi connectivity index (χ1n) is 6.67. The maximum atomic E-state index is 11.0. The van der Waals surface area contributed by atoms with E-state index in [1.54, 1.807) is 0 Å². The molecule has 2 aliphatic rings. The first-order chi connectivity index (χ1) is 9.25. The van der Waals surface area contributed by atoms with Gasteiger partial charge in [-0.25, -0.2) is 4.79 Å². The first kappa shape index (κ1) is 12.3. The van der Waals surface area contributed by atoms with Crippen LogP contribution in [0.4, 0.5) is 10.5 Å². The van der Waals surface area contributed by atoms with Crippen LogP contribution in [0.2, 0.25) is 0 Å². The van der Waals surface area contributed by atoms with Crippen molar-refractivity contribution >= 4 is 11.8 Å². The molecule has 3 rings (SSSR count). The van der Waals surface area contributed by atoms with Crippen molar-refractivity contribution in [2.45, 2.75) is 13.0 Å². The van der Waals surface area contributed by atoms with E-state index < -0.39 is 6.09 Å². The monoisotopic (exact) mass is 262 g/mol. The third-order valence-corrected chi connectivity index (χ3v) is 3.86. The van der Waals surface area contributed by atoms with Gasteiger partial charge in [-0.3, -0.25) is 0 Å². The summed E-state index contributed by atoms with van der Waals surface area (Å²) in [7, 11) is 0. The number of morpholine rings is 1. The van der Waals surface area contributed by atoms with Crippen LogP contribution in [0.3, 0.4) is 0 Å². The van der Waals surface area contributed by atoms with E-state index in [0.29, 0.717) is 13.1 Å². The van der Waals surface area contributed by atoms with Gasteiger partial charge >= 0.3 is 6.09 Å². The summed E-state index contributed by atoms with van der Waals surface area (Å²) in [5.41, 5.74) is 3.70. The number of anilines is 1. The van der Waals surface area contributed by atoms with Crippen molar-refractivity contribution in [1.29, 1.82) is 0 Å². The molecule has 0 spiro atoms. The lowest BCUT2D eigenvalue weighted by Gasteiger charge is -2.34. The Bertz CT molecular complexity index is 484. The van der Waals surface area contributed by atoms with Crippen LogP contribution in [0.5, 0.6) is 0 Å². The summed E-state index contributed by atoms with van der Waals surface area (Å²) in [6, 6.07) is 6.20. The highest BCUT2D eigenvalue weighted by molar-refractivity contribution is 5.67. The standard InChI is InChI=1S/C14H18N2O3/c17-14(18)16-5-4-12-11(10-16)2-1-3-13(12)15-6-8-19-9-7-15/h1-3H,4-10H2,(H,17,18). The molecule has 5 heteroatoms. The third kappa shape index (κ3) is 2.38. The number of hydrogen-bond acceptors (Lipinski definition) is 3. The molecule has 1 saturated heterocycles. The second kappa shape index (κ2) is 5.09. The molecular formula is C14H18N2O3. The zero-order chi connectivity index (χ0) is 13.2. The molecule has 0 saturated carbocycles. The van der Waals surface area contributed by atoms with Crippen LogP contribution < -0.4 is 4.90 Å². The predicted octanol–water partition coefficient (Wildman–Crippen LogP) is 1.56.